The van der Waals surface area contributed by atoms with Crippen molar-refractivity contribution in [3.8, 4) is 11.4 Å². The number of rotatable bonds is 4. The molecule has 2 heterocycles. The summed E-state index contributed by atoms with van der Waals surface area (Å²) in [6, 6.07) is 6.67. The SMILES string of the molecule is Cc1cc(-c2ncn(/C=C(\C(=O)O)c3cccnc3)n2)cc(C(F)(F)F)c1. The van der Waals surface area contributed by atoms with Crippen molar-refractivity contribution in [3.63, 3.8) is 0 Å². The number of aliphatic carboxylic acids is 1. The molecule has 0 amide bonds. The minimum absolute atomic E-state index is 0.0522. The normalized spacial score (nSPS) is 12.2. The fourth-order valence-corrected chi connectivity index (χ4v) is 2.45. The van der Waals surface area contributed by atoms with Gasteiger partial charge in [-0.1, -0.05) is 6.07 Å². The Morgan fingerprint density at radius 2 is 2.04 bits per heavy atom. The second kappa shape index (κ2) is 7.02. The Kier molecular flexibility index (Phi) is 4.76. The number of carboxylic acids is 1. The third-order valence-electron chi connectivity index (χ3n) is 3.64. The molecule has 0 unspecified atom stereocenters. The Bertz CT molecular complexity index is 1010. The van der Waals surface area contributed by atoms with E-state index >= 15 is 0 Å². The molecule has 0 saturated carbocycles. The van der Waals surface area contributed by atoms with Crippen LogP contribution >= 0.6 is 0 Å². The van der Waals surface area contributed by atoms with Crippen molar-refractivity contribution in [3.05, 3.63) is 65.7 Å². The van der Waals surface area contributed by atoms with Crippen molar-refractivity contribution < 1.29 is 23.1 Å². The van der Waals surface area contributed by atoms with Crippen molar-refractivity contribution in [1.29, 1.82) is 0 Å². The Morgan fingerprint density at radius 3 is 2.67 bits per heavy atom. The smallest absolute Gasteiger partial charge is 0.416 e. The van der Waals surface area contributed by atoms with Crippen LogP contribution in [0.2, 0.25) is 0 Å². The molecule has 138 valence electrons. The minimum atomic E-state index is -4.49. The number of carbonyl (C=O) groups is 1. The number of aromatic nitrogens is 4. The van der Waals surface area contributed by atoms with E-state index in [-0.39, 0.29) is 17.0 Å². The van der Waals surface area contributed by atoms with Gasteiger partial charge < -0.3 is 5.11 Å². The molecule has 0 atom stereocenters. The van der Waals surface area contributed by atoms with Gasteiger partial charge >= 0.3 is 12.1 Å². The van der Waals surface area contributed by atoms with Crippen LogP contribution in [0.1, 0.15) is 16.7 Å². The summed E-state index contributed by atoms with van der Waals surface area (Å²) in [5, 5.41) is 13.5. The Labute approximate surface area is 151 Å². The Balaban J connectivity index is 2.00. The molecule has 0 fully saturated rings. The molecular formula is C18H13F3N4O2. The number of carboxylic acid groups (broad SMARTS) is 1. The topological polar surface area (TPSA) is 80.9 Å². The van der Waals surface area contributed by atoms with Crippen LogP contribution in [-0.4, -0.2) is 30.8 Å². The van der Waals surface area contributed by atoms with Gasteiger partial charge in [-0.05, 0) is 36.8 Å². The number of aryl methyl sites for hydroxylation is 1. The molecule has 0 aliphatic rings. The first kappa shape index (κ1) is 18.3. The van der Waals surface area contributed by atoms with Crippen LogP contribution < -0.4 is 0 Å². The van der Waals surface area contributed by atoms with Gasteiger partial charge in [0.15, 0.2) is 5.82 Å². The summed E-state index contributed by atoms with van der Waals surface area (Å²) in [7, 11) is 0. The molecule has 9 heteroatoms. The van der Waals surface area contributed by atoms with Gasteiger partial charge in [-0.25, -0.2) is 14.5 Å². The summed E-state index contributed by atoms with van der Waals surface area (Å²) in [5.41, 5.74) is 0.0729. The van der Waals surface area contributed by atoms with Gasteiger partial charge in [-0.15, -0.1) is 5.10 Å². The first-order valence-corrected chi connectivity index (χ1v) is 7.70. The first-order chi connectivity index (χ1) is 12.7. The average Bonchev–Trinajstić information content (AvgIpc) is 3.08. The molecule has 1 aromatic carbocycles. The van der Waals surface area contributed by atoms with Crippen molar-refractivity contribution in [2.75, 3.05) is 0 Å². The summed E-state index contributed by atoms with van der Waals surface area (Å²) < 4.78 is 40.1. The van der Waals surface area contributed by atoms with Crippen LogP contribution in [0.4, 0.5) is 13.2 Å². The van der Waals surface area contributed by atoms with E-state index in [0.29, 0.717) is 11.1 Å². The van der Waals surface area contributed by atoms with E-state index in [4.69, 9.17) is 0 Å². The molecule has 2 aromatic heterocycles. The van der Waals surface area contributed by atoms with E-state index in [2.05, 4.69) is 15.1 Å². The third kappa shape index (κ3) is 4.20. The third-order valence-corrected chi connectivity index (χ3v) is 3.64. The lowest BCUT2D eigenvalue weighted by Gasteiger charge is -2.09. The summed E-state index contributed by atoms with van der Waals surface area (Å²) in [6.45, 7) is 1.54. The maximum absolute atomic E-state index is 13.0. The number of nitrogens with zero attached hydrogens (tertiary/aromatic N) is 4. The quantitative estimate of drug-likeness (QED) is 0.704. The molecule has 0 saturated heterocycles. The van der Waals surface area contributed by atoms with Crippen LogP contribution in [0, 0.1) is 6.92 Å². The zero-order valence-corrected chi connectivity index (χ0v) is 14.0. The standard InChI is InChI=1S/C18H13F3N4O2/c1-11-5-13(7-14(6-11)18(19,20)21)16-23-10-25(24-16)9-15(17(26)27)12-3-2-4-22-8-12/h2-10H,1H3,(H,26,27)/b15-9-. The molecule has 0 aliphatic heterocycles. The molecule has 0 aliphatic carbocycles. The van der Waals surface area contributed by atoms with E-state index in [1.54, 1.807) is 19.1 Å². The molecule has 0 spiro atoms. The Morgan fingerprint density at radius 1 is 1.26 bits per heavy atom. The van der Waals surface area contributed by atoms with Crippen LogP contribution in [0.3, 0.4) is 0 Å². The van der Waals surface area contributed by atoms with Crippen molar-refractivity contribution in [1.82, 2.24) is 19.7 Å². The van der Waals surface area contributed by atoms with Gasteiger partial charge in [-0.3, -0.25) is 4.98 Å². The minimum Gasteiger partial charge on any atom is -0.478 e. The van der Waals surface area contributed by atoms with E-state index in [0.717, 1.165) is 16.8 Å². The van der Waals surface area contributed by atoms with Gasteiger partial charge in [0, 0.05) is 29.7 Å². The second-order valence-corrected chi connectivity index (χ2v) is 5.72. The lowest BCUT2D eigenvalue weighted by Crippen LogP contribution is -2.05. The Hall–Kier alpha value is -3.49. The van der Waals surface area contributed by atoms with Crippen molar-refractivity contribution in [2.24, 2.45) is 0 Å². The first-order valence-electron chi connectivity index (χ1n) is 7.70. The van der Waals surface area contributed by atoms with Crippen LogP contribution in [0.5, 0.6) is 0 Å². The number of halogens is 3. The van der Waals surface area contributed by atoms with E-state index in [9.17, 15) is 23.1 Å². The highest BCUT2D eigenvalue weighted by atomic mass is 19.4. The lowest BCUT2D eigenvalue weighted by molar-refractivity contribution is -0.137. The zero-order valence-electron chi connectivity index (χ0n) is 14.0. The number of pyridine rings is 1. The highest BCUT2D eigenvalue weighted by Crippen LogP contribution is 2.32. The summed E-state index contributed by atoms with van der Waals surface area (Å²) in [4.78, 5) is 19.4. The monoisotopic (exact) mass is 374 g/mol. The van der Waals surface area contributed by atoms with Crippen LogP contribution in [0.25, 0.3) is 23.2 Å². The number of benzene rings is 1. The number of alkyl halides is 3. The summed E-state index contributed by atoms with van der Waals surface area (Å²) in [5.74, 6) is -1.15. The maximum Gasteiger partial charge on any atom is 0.416 e. The fraction of sp³-hybridized carbons (Fsp3) is 0.111. The van der Waals surface area contributed by atoms with Crippen molar-refractivity contribution >= 4 is 17.7 Å². The highest BCUT2D eigenvalue weighted by Gasteiger charge is 2.31. The predicted octanol–water partition coefficient (Wildman–Crippen LogP) is 3.75. The number of hydrogen-bond donors (Lipinski definition) is 1. The molecule has 27 heavy (non-hydrogen) atoms. The summed E-state index contributed by atoms with van der Waals surface area (Å²) in [6.07, 6.45) is 0.848. The molecule has 6 nitrogen and oxygen atoms in total. The second-order valence-electron chi connectivity index (χ2n) is 5.72. The molecular weight excluding hydrogens is 361 g/mol. The molecule has 3 rings (SSSR count). The van der Waals surface area contributed by atoms with Gasteiger partial charge in [-0.2, -0.15) is 13.2 Å². The number of hydrogen-bond acceptors (Lipinski definition) is 4. The van der Waals surface area contributed by atoms with Crippen LogP contribution in [0.15, 0.2) is 49.1 Å². The zero-order chi connectivity index (χ0) is 19.6. The predicted molar refractivity (Wildman–Crippen MR) is 91.2 cm³/mol. The molecule has 0 radical (unpaired) electrons. The van der Waals surface area contributed by atoms with Gasteiger partial charge in [0.2, 0.25) is 0 Å². The average molecular weight is 374 g/mol. The summed E-state index contributed by atoms with van der Waals surface area (Å²) >= 11 is 0. The van der Waals surface area contributed by atoms with Crippen molar-refractivity contribution in [2.45, 2.75) is 13.1 Å². The van der Waals surface area contributed by atoms with E-state index in [1.165, 1.54) is 31.0 Å². The highest BCUT2D eigenvalue weighted by molar-refractivity contribution is 6.19. The molecule has 1 N–H and O–H groups in total. The van der Waals surface area contributed by atoms with Gasteiger partial charge in [0.1, 0.15) is 6.33 Å². The largest absolute Gasteiger partial charge is 0.478 e. The van der Waals surface area contributed by atoms with Gasteiger partial charge in [0.25, 0.3) is 0 Å². The van der Waals surface area contributed by atoms with E-state index in [1.807, 2.05) is 0 Å². The van der Waals surface area contributed by atoms with E-state index < -0.39 is 17.7 Å². The molecule has 3 aromatic rings. The molecule has 0 bridgehead atoms. The van der Waals surface area contributed by atoms with Gasteiger partial charge in [0.05, 0.1) is 11.1 Å². The maximum atomic E-state index is 13.0. The van der Waals surface area contributed by atoms with Crippen LogP contribution in [-0.2, 0) is 11.0 Å². The lowest BCUT2D eigenvalue weighted by atomic mass is 10.1. The fourth-order valence-electron chi connectivity index (χ4n) is 2.45.